The topological polar surface area (TPSA) is 0 Å². The van der Waals surface area contributed by atoms with Crippen LogP contribution in [-0.4, -0.2) is 5.67 Å². The molecule has 3 aliphatic rings. The van der Waals surface area contributed by atoms with Crippen molar-refractivity contribution in [3.8, 4) is 0 Å². The van der Waals surface area contributed by atoms with Crippen LogP contribution in [0, 0.1) is 17.3 Å². The lowest BCUT2D eigenvalue weighted by Crippen LogP contribution is -2.51. The van der Waals surface area contributed by atoms with Crippen molar-refractivity contribution in [2.45, 2.75) is 102 Å². The van der Waals surface area contributed by atoms with Gasteiger partial charge in [-0.1, -0.05) is 70.8 Å². The van der Waals surface area contributed by atoms with E-state index in [1.165, 1.54) is 51.0 Å². The Labute approximate surface area is 153 Å². The molecule has 0 aliphatic heterocycles. The van der Waals surface area contributed by atoms with Gasteiger partial charge >= 0.3 is 0 Å². The van der Waals surface area contributed by atoms with Gasteiger partial charge in [0.05, 0.1) is 0 Å². The summed E-state index contributed by atoms with van der Waals surface area (Å²) in [6.07, 6.45) is 20.4. The van der Waals surface area contributed by atoms with Crippen molar-refractivity contribution in [1.82, 2.24) is 0 Å². The van der Waals surface area contributed by atoms with Crippen LogP contribution in [0.4, 0.5) is 8.78 Å². The normalized spacial score (nSPS) is 35.4. The lowest BCUT2D eigenvalue weighted by atomic mass is 9.53. The Hall–Kier alpha value is -0.660. The highest BCUT2D eigenvalue weighted by molar-refractivity contribution is 5.31. The Morgan fingerprint density at radius 1 is 1.04 bits per heavy atom. The van der Waals surface area contributed by atoms with Gasteiger partial charge in [0.1, 0.15) is 5.83 Å². The predicted octanol–water partition coefficient (Wildman–Crippen LogP) is 7.85. The summed E-state index contributed by atoms with van der Waals surface area (Å²) in [6, 6.07) is 0. The van der Waals surface area contributed by atoms with Crippen molar-refractivity contribution in [1.29, 1.82) is 0 Å². The van der Waals surface area contributed by atoms with E-state index in [2.05, 4.69) is 6.92 Å². The minimum absolute atomic E-state index is 0.349. The van der Waals surface area contributed by atoms with Crippen LogP contribution in [0.15, 0.2) is 24.1 Å². The summed E-state index contributed by atoms with van der Waals surface area (Å²) in [7, 11) is 0. The lowest BCUT2D eigenvalue weighted by molar-refractivity contribution is -0.0575. The molecule has 0 bridgehead atoms. The third-order valence-corrected chi connectivity index (χ3v) is 7.44. The van der Waals surface area contributed by atoms with Gasteiger partial charge < -0.3 is 0 Å². The summed E-state index contributed by atoms with van der Waals surface area (Å²) in [5.74, 6) is 0.672. The van der Waals surface area contributed by atoms with Crippen molar-refractivity contribution in [3.63, 3.8) is 0 Å². The maximum absolute atomic E-state index is 16.1. The molecule has 142 valence electrons. The fourth-order valence-corrected chi connectivity index (χ4v) is 5.97. The molecule has 2 saturated carbocycles. The summed E-state index contributed by atoms with van der Waals surface area (Å²) >= 11 is 0. The Morgan fingerprint density at radius 3 is 2.40 bits per heavy atom. The molecule has 1 unspecified atom stereocenters. The van der Waals surface area contributed by atoms with Gasteiger partial charge in [-0.05, 0) is 56.1 Å². The number of unbranched alkanes of at least 4 members (excludes halogenated alkanes) is 2. The molecule has 0 nitrogen and oxygen atoms in total. The molecule has 0 aromatic heterocycles. The zero-order chi connectivity index (χ0) is 17.8. The summed E-state index contributed by atoms with van der Waals surface area (Å²) in [5, 5.41) is 0. The zero-order valence-corrected chi connectivity index (χ0v) is 16.0. The number of hydrogen-bond acceptors (Lipinski definition) is 0. The summed E-state index contributed by atoms with van der Waals surface area (Å²) < 4.78 is 30.8. The van der Waals surface area contributed by atoms with E-state index in [0.717, 1.165) is 44.4 Å². The van der Waals surface area contributed by atoms with Crippen molar-refractivity contribution in [2.24, 2.45) is 17.3 Å². The molecule has 0 radical (unpaired) electrons. The third-order valence-electron chi connectivity index (χ3n) is 7.44. The second kappa shape index (κ2) is 8.35. The molecule has 2 heteroatoms. The van der Waals surface area contributed by atoms with E-state index >= 15 is 4.39 Å². The number of rotatable bonds is 6. The van der Waals surface area contributed by atoms with E-state index in [9.17, 15) is 4.39 Å². The van der Waals surface area contributed by atoms with Gasteiger partial charge in [0.2, 0.25) is 0 Å². The molecule has 0 N–H and O–H groups in total. The number of hydrogen-bond donors (Lipinski definition) is 0. The maximum Gasteiger partial charge on any atom is 0.185 e. The molecule has 0 amide bonds. The molecule has 0 saturated heterocycles. The molecular weight excluding hydrogens is 314 g/mol. The second-order valence-corrected chi connectivity index (χ2v) is 8.83. The highest BCUT2D eigenvalue weighted by Crippen LogP contribution is 2.60. The van der Waals surface area contributed by atoms with Crippen LogP contribution in [0.25, 0.3) is 0 Å². The van der Waals surface area contributed by atoms with E-state index < -0.39 is 16.9 Å². The molecule has 3 rings (SSSR count). The van der Waals surface area contributed by atoms with Gasteiger partial charge in [-0.15, -0.1) is 0 Å². The van der Waals surface area contributed by atoms with Gasteiger partial charge in [-0.2, -0.15) is 0 Å². The van der Waals surface area contributed by atoms with Crippen LogP contribution < -0.4 is 0 Å². The van der Waals surface area contributed by atoms with Crippen LogP contribution in [0.3, 0.4) is 0 Å². The second-order valence-electron chi connectivity index (χ2n) is 8.83. The quantitative estimate of drug-likeness (QED) is 0.338. The lowest BCUT2D eigenvalue weighted by Gasteiger charge is -2.53. The SMILES string of the molecule is CCCCC[C@H]1CC[C@H](C2(C3(F)C=CCC=C3F)CCCCC2)CC1. The number of allylic oxidation sites excluding steroid dienone is 4. The molecule has 0 heterocycles. The number of halogens is 2. The largest absolute Gasteiger partial charge is 0.231 e. The van der Waals surface area contributed by atoms with Crippen molar-refractivity contribution < 1.29 is 8.78 Å². The van der Waals surface area contributed by atoms with Gasteiger partial charge in [0, 0.05) is 5.41 Å². The van der Waals surface area contributed by atoms with E-state index in [1.807, 2.05) is 6.08 Å². The van der Waals surface area contributed by atoms with E-state index in [1.54, 1.807) is 6.08 Å². The molecule has 0 spiro atoms. The fraction of sp³-hybridized carbons (Fsp3) is 0.826. The van der Waals surface area contributed by atoms with Crippen molar-refractivity contribution in [3.05, 3.63) is 24.1 Å². The Bertz CT molecular complexity index is 478. The first kappa shape index (κ1) is 19.1. The maximum atomic E-state index is 16.1. The predicted molar refractivity (Wildman–Crippen MR) is 102 cm³/mol. The summed E-state index contributed by atoms with van der Waals surface area (Å²) in [6.45, 7) is 2.25. The Kier molecular flexibility index (Phi) is 6.39. The first-order chi connectivity index (χ1) is 12.1. The molecule has 3 aliphatic carbocycles. The highest BCUT2D eigenvalue weighted by Gasteiger charge is 2.58. The van der Waals surface area contributed by atoms with Crippen molar-refractivity contribution >= 4 is 0 Å². The standard InChI is InChI=1S/C23H36F2/c1-2-3-5-10-19-12-14-20(15-13-19)22(16-7-4-8-17-22)23(25)18-9-6-11-21(23)24/h9,11,18-20H,2-8,10,12-17H2,1H3/t19-,20-,23?. The van der Waals surface area contributed by atoms with E-state index in [-0.39, 0.29) is 0 Å². The highest BCUT2D eigenvalue weighted by atomic mass is 19.2. The molecule has 0 aromatic rings. The monoisotopic (exact) mass is 350 g/mol. The summed E-state index contributed by atoms with van der Waals surface area (Å²) in [5.41, 5.74) is -2.33. The molecule has 0 aromatic carbocycles. The fourth-order valence-electron chi connectivity index (χ4n) is 5.97. The van der Waals surface area contributed by atoms with Crippen LogP contribution >= 0.6 is 0 Å². The van der Waals surface area contributed by atoms with Crippen LogP contribution in [0.5, 0.6) is 0 Å². The molecular formula is C23H36F2. The smallest absolute Gasteiger partial charge is 0.185 e. The minimum Gasteiger partial charge on any atom is -0.231 e. The van der Waals surface area contributed by atoms with Crippen LogP contribution in [0.2, 0.25) is 0 Å². The Morgan fingerprint density at radius 2 is 1.76 bits per heavy atom. The van der Waals surface area contributed by atoms with Gasteiger partial charge in [0.25, 0.3) is 0 Å². The summed E-state index contributed by atoms with van der Waals surface area (Å²) in [4.78, 5) is 0. The van der Waals surface area contributed by atoms with Gasteiger partial charge in [-0.25, -0.2) is 8.78 Å². The Balaban J connectivity index is 1.73. The van der Waals surface area contributed by atoms with Gasteiger partial charge in [-0.3, -0.25) is 0 Å². The molecule has 1 atom stereocenters. The van der Waals surface area contributed by atoms with E-state index in [0.29, 0.717) is 12.3 Å². The average Bonchev–Trinajstić information content (AvgIpc) is 2.65. The first-order valence-corrected chi connectivity index (χ1v) is 10.8. The first-order valence-electron chi connectivity index (χ1n) is 10.8. The molecule has 2 fully saturated rings. The number of alkyl halides is 1. The average molecular weight is 351 g/mol. The van der Waals surface area contributed by atoms with Gasteiger partial charge in [0.15, 0.2) is 5.67 Å². The van der Waals surface area contributed by atoms with E-state index in [4.69, 9.17) is 0 Å². The molecule has 25 heavy (non-hydrogen) atoms. The van der Waals surface area contributed by atoms with Crippen LogP contribution in [-0.2, 0) is 0 Å². The zero-order valence-electron chi connectivity index (χ0n) is 16.0. The minimum atomic E-state index is -1.84. The van der Waals surface area contributed by atoms with Crippen LogP contribution in [0.1, 0.15) is 96.8 Å². The third kappa shape index (κ3) is 3.74. The van der Waals surface area contributed by atoms with Crippen molar-refractivity contribution in [2.75, 3.05) is 0 Å².